The number of hydrogen-bond donors (Lipinski definition) is 0. The zero-order valence-corrected chi connectivity index (χ0v) is 6.01. The molecule has 1 heterocycles. The van der Waals surface area contributed by atoms with Crippen LogP contribution in [0.15, 0.2) is 16.9 Å². The maximum absolute atomic E-state index is 3.71. The van der Waals surface area contributed by atoms with Crippen molar-refractivity contribution in [1.82, 2.24) is 10.2 Å². The van der Waals surface area contributed by atoms with E-state index in [1.54, 1.807) is 6.20 Å². The van der Waals surface area contributed by atoms with Gasteiger partial charge in [0.2, 0.25) is 0 Å². The monoisotopic (exact) mass is 172 g/mol. The highest BCUT2D eigenvalue weighted by molar-refractivity contribution is 9.10. The molecule has 2 nitrogen and oxygen atoms in total. The number of aryl methyl sites for hydroxylation is 1. The van der Waals surface area contributed by atoms with Gasteiger partial charge in [-0.25, -0.2) is 0 Å². The number of hydrogen-bond acceptors (Lipinski definition) is 2. The van der Waals surface area contributed by atoms with Crippen molar-refractivity contribution in [3.63, 3.8) is 0 Å². The minimum Gasteiger partial charge on any atom is -0.158 e. The zero-order valence-electron chi connectivity index (χ0n) is 4.43. The average Bonchev–Trinajstić information content (AvgIpc) is 1.64. The van der Waals surface area contributed by atoms with E-state index in [1.165, 1.54) is 0 Å². The third kappa shape index (κ3) is 1.26. The van der Waals surface area contributed by atoms with E-state index in [9.17, 15) is 0 Å². The summed E-state index contributed by atoms with van der Waals surface area (Å²) < 4.78 is 0.789. The van der Waals surface area contributed by atoms with Gasteiger partial charge in [-0.05, 0) is 34.5 Å². The molecule has 0 aliphatic rings. The molecule has 0 atom stereocenters. The van der Waals surface area contributed by atoms with Gasteiger partial charge in [-0.3, -0.25) is 0 Å². The first-order valence-electron chi connectivity index (χ1n) is 2.24. The standard InChI is InChI=1S/C5H5BrN2/c1-4-2-5(6)8-7-3-4/h2-3H,1H3. The van der Waals surface area contributed by atoms with E-state index in [2.05, 4.69) is 26.1 Å². The van der Waals surface area contributed by atoms with Crippen LogP contribution < -0.4 is 0 Å². The molecule has 0 saturated heterocycles. The van der Waals surface area contributed by atoms with Gasteiger partial charge in [0.05, 0.1) is 6.20 Å². The first-order valence-corrected chi connectivity index (χ1v) is 3.03. The van der Waals surface area contributed by atoms with Crippen molar-refractivity contribution in [1.29, 1.82) is 0 Å². The van der Waals surface area contributed by atoms with Crippen LogP contribution >= 0.6 is 15.9 Å². The van der Waals surface area contributed by atoms with E-state index in [0.29, 0.717) is 0 Å². The maximum atomic E-state index is 3.71. The SMILES string of the molecule is Cc1cnnc(Br)c1. The van der Waals surface area contributed by atoms with Crippen molar-refractivity contribution in [2.75, 3.05) is 0 Å². The van der Waals surface area contributed by atoms with Crippen LogP contribution in [-0.4, -0.2) is 10.2 Å². The predicted octanol–water partition coefficient (Wildman–Crippen LogP) is 1.55. The Morgan fingerprint density at radius 2 is 2.38 bits per heavy atom. The summed E-state index contributed by atoms with van der Waals surface area (Å²) in [5.41, 5.74) is 1.12. The second kappa shape index (κ2) is 2.22. The third-order valence-corrected chi connectivity index (χ3v) is 1.15. The molecular formula is C5H5BrN2. The zero-order chi connectivity index (χ0) is 5.98. The fourth-order valence-corrected chi connectivity index (χ4v) is 0.882. The summed E-state index contributed by atoms with van der Waals surface area (Å²) in [6, 6.07) is 1.91. The molecule has 0 amide bonds. The van der Waals surface area contributed by atoms with E-state index in [-0.39, 0.29) is 0 Å². The Hall–Kier alpha value is -0.440. The summed E-state index contributed by atoms with van der Waals surface area (Å²) in [7, 11) is 0. The Balaban J connectivity index is 3.08. The molecule has 0 bridgehead atoms. The van der Waals surface area contributed by atoms with Crippen molar-refractivity contribution >= 4 is 15.9 Å². The molecule has 3 heteroatoms. The molecular weight excluding hydrogens is 168 g/mol. The molecule has 0 spiro atoms. The van der Waals surface area contributed by atoms with Crippen LogP contribution in [0.25, 0.3) is 0 Å². The average molecular weight is 173 g/mol. The Bertz CT molecular complexity index is 170. The lowest BCUT2D eigenvalue weighted by Gasteiger charge is -1.86. The van der Waals surface area contributed by atoms with E-state index >= 15 is 0 Å². The van der Waals surface area contributed by atoms with Gasteiger partial charge in [-0.1, -0.05) is 0 Å². The van der Waals surface area contributed by atoms with Crippen LogP contribution in [0.4, 0.5) is 0 Å². The maximum Gasteiger partial charge on any atom is 0.129 e. The summed E-state index contributed by atoms with van der Waals surface area (Å²) in [5.74, 6) is 0. The van der Waals surface area contributed by atoms with Crippen molar-refractivity contribution < 1.29 is 0 Å². The van der Waals surface area contributed by atoms with Gasteiger partial charge < -0.3 is 0 Å². The lowest BCUT2D eigenvalue weighted by atomic mass is 10.4. The molecule has 0 aliphatic heterocycles. The Labute approximate surface area is 56.1 Å². The number of aromatic nitrogens is 2. The molecule has 1 rings (SSSR count). The Morgan fingerprint density at radius 3 is 2.75 bits per heavy atom. The molecule has 1 aromatic rings. The smallest absolute Gasteiger partial charge is 0.129 e. The van der Waals surface area contributed by atoms with Gasteiger partial charge in [0, 0.05) is 0 Å². The third-order valence-electron chi connectivity index (χ3n) is 0.761. The highest BCUT2D eigenvalue weighted by atomic mass is 79.9. The van der Waals surface area contributed by atoms with Crippen LogP contribution in [0.5, 0.6) is 0 Å². The van der Waals surface area contributed by atoms with Gasteiger partial charge in [-0.15, -0.1) is 5.10 Å². The topological polar surface area (TPSA) is 25.8 Å². The molecule has 0 aromatic carbocycles. The van der Waals surface area contributed by atoms with Crippen molar-refractivity contribution in [2.45, 2.75) is 6.92 Å². The van der Waals surface area contributed by atoms with Crippen LogP contribution in [0.1, 0.15) is 5.56 Å². The Kier molecular flexibility index (Phi) is 1.58. The van der Waals surface area contributed by atoms with Gasteiger partial charge in [0.15, 0.2) is 0 Å². The first-order chi connectivity index (χ1) is 3.79. The van der Waals surface area contributed by atoms with Crippen LogP contribution in [-0.2, 0) is 0 Å². The van der Waals surface area contributed by atoms with Crippen molar-refractivity contribution in [3.8, 4) is 0 Å². The number of halogens is 1. The second-order valence-electron chi connectivity index (χ2n) is 1.56. The summed E-state index contributed by atoms with van der Waals surface area (Å²) in [6.45, 7) is 1.97. The molecule has 1 aromatic heterocycles. The fraction of sp³-hybridized carbons (Fsp3) is 0.200. The number of nitrogens with zero attached hydrogens (tertiary/aromatic N) is 2. The van der Waals surface area contributed by atoms with Crippen LogP contribution in [0.3, 0.4) is 0 Å². The normalized spacial score (nSPS) is 9.25. The number of rotatable bonds is 0. The molecule has 0 fully saturated rings. The fourth-order valence-electron chi connectivity index (χ4n) is 0.429. The first kappa shape index (κ1) is 5.69. The second-order valence-corrected chi connectivity index (χ2v) is 2.37. The van der Waals surface area contributed by atoms with Gasteiger partial charge >= 0.3 is 0 Å². The molecule has 0 saturated carbocycles. The molecule has 0 N–H and O–H groups in total. The van der Waals surface area contributed by atoms with Gasteiger partial charge in [-0.2, -0.15) is 5.10 Å². The highest BCUT2D eigenvalue weighted by Gasteiger charge is 1.85. The van der Waals surface area contributed by atoms with E-state index < -0.39 is 0 Å². The van der Waals surface area contributed by atoms with Gasteiger partial charge in [0.1, 0.15) is 4.60 Å². The highest BCUT2D eigenvalue weighted by Crippen LogP contribution is 2.03. The summed E-state index contributed by atoms with van der Waals surface area (Å²) in [4.78, 5) is 0. The van der Waals surface area contributed by atoms with E-state index in [1.807, 2.05) is 13.0 Å². The van der Waals surface area contributed by atoms with E-state index in [0.717, 1.165) is 10.2 Å². The van der Waals surface area contributed by atoms with E-state index in [4.69, 9.17) is 0 Å². The predicted molar refractivity (Wildman–Crippen MR) is 34.5 cm³/mol. The molecule has 42 valence electrons. The van der Waals surface area contributed by atoms with Gasteiger partial charge in [0.25, 0.3) is 0 Å². The molecule has 8 heavy (non-hydrogen) atoms. The van der Waals surface area contributed by atoms with Crippen molar-refractivity contribution in [3.05, 3.63) is 22.4 Å². The quantitative estimate of drug-likeness (QED) is 0.594. The largest absolute Gasteiger partial charge is 0.158 e. The summed E-state index contributed by atoms with van der Waals surface area (Å²) in [6.07, 6.45) is 1.71. The van der Waals surface area contributed by atoms with Crippen LogP contribution in [0, 0.1) is 6.92 Å². The molecule has 0 aliphatic carbocycles. The van der Waals surface area contributed by atoms with Crippen LogP contribution in [0.2, 0.25) is 0 Å². The summed E-state index contributed by atoms with van der Waals surface area (Å²) >= 11 is 3.19. The minimum atomic E-state index is 0.789. The summed E-state index contributed by atoms with van der Waals surface area (Å²) in [5, 5.41) is 7.39. The lowest BCUT2D eigenvalue weighted by Crippen LogP contribution is -1.81. The van der Waals surface area contributed by atoms with Crippen molar-refractivity contribution in [2.24, 2.45) is 0 Å². The minimum absolute atomic E-state index is 0.789. The molecule has 0 radical (unpaired) electrons. The lowest BCUT2D eigenvalue weighted by molar-refractivity contribution is 0.989. The Morgan fingerprint density at radius 1 is 1.62 bits per heavy atom. The molecule has 0 unspecified atom stereocenters.